The van der Waals surface area contributed by atoms with Crippen LogP contribution in [0.1, 0.15) is 71.6 Å². The van der Waals surface area contributed by atoms with E-state index in [0.29, 0.717) is 5.92 Å². The molecule has 0 aromatic rings. The maximum atomic E-state index is 13.0. The van der Waals surface area contributed by atoms with Crippen molar-refractivity contribution in [3.63, 3.8) is 0 Å². The molecular formula is C24H34N2O4. The van der Waals surface area contributed by atoms with Crippen LogP contribution in [0.25, 0.3) is 0 Å². The monoisotopic (exact) mass is 414 g/mol. The SMILES string of the molecule is CC(C)C1CCC(CC2CCC(N3C(=O)C4C5C(=O)NC(=O)C5C4C3=O)CC2)CC1. The van der Waals surface area contributed by atoms with E-state index in [4.69, 9.17) is 0 Å². The Labute approximate surface area is 178 Å². The van der Waals surface area contributed by atoms with Crippen LogP contribution in [0.3, 0.4) is 0 Å². The van der Waals surface area contributed by atoms with Crippen molar-refractivity contribution in [2.75, 3.05) is 0 Å². The van der Waals surface area contributed by atoms with Crippen molar-refractivity contribution in [1.82, 2.24) is 10.2 Å². The zero-order valence-electron chi connectivity index (χ0n) is 18.1. The van der Waals surface area contributed by atoms with E-state index in [-0.39, 0.29) is 29.7 Å². The fraction of sp³-hybridized carbons (Fsp3) is 0.833. The number of hydrogen-bond acceptors (Lipinski definition) is 4. The van der Waals surface area contributed by atoms with Gasteiger partial charge in [-0.1, -0.05) is 26.7 Å². The van der Waals surface area contributed by atoms with Gasteiger partial charge in [0.05, 0.1) is 23.7 Å². The van der Waals surface area contributed by atoms with Crippen molar-refractivity contribution in [1.29, 1.82) is 0 Å². The molecule has 4 atom stereocenters. The van der Waals surface area contributed by atoms with Gasteiger partial charge in [-0.15, -0.1) is 0 Å². The maximum absolute atomic E-state index is 13.0. The Bertz CT molecular complexity index is 723. The molecule has 3 saturated carbocycles. The summed E-state index contributed by atoms with van der Waals surface area (Å²) >= 11 is 0. The summed E-state index contributed by atoms with van der Waals surface area (Å²) in [5.74, 6) is -0.308. The predicted octanol–water partition coefficient (Wildman–Crippen LogP) is 2.90. The van der Waals surface area contributed by atoms with Gasteiger partial charge in [0, 0.05) is 6.04 Å². The highest BCUT2D eigenvalue weighted by atomic mass is 16.2. The molecule has 30 heavy (non-hydrogen) atoms. The molecule has 5 rings (SSSR count). The Balaban J connectivity index is 1.15. The molecule has 164 valence electrons. The first-order valence-corrected chi connectivity index (χ1v) is 12.1. The number of nitrogens with one attached hydrogen (secondary N) is 1. The summed E-state index contributed by atoms with van der Waals surface area (Å²) in [5.41, 5.74) is 0. The molecule has 2 saturated heterocycles. The highest BCUT2D eigenvalue weighted by Crippen LogP contribution is 2.55. The molecule has 2 heterocycles. The first kappa shape index (κ1) is 20.2. The molecule has 0 aromatic carbocycles. The third-order valence-electron chi connectivity index (χ3n) is 9.13. The molecule has 0 radical (unpaired) electrons. The van der Waals surface area contributed by atoms with Crippen molar-refractivity contribution >= 4 is 23.6 Å². The summed E-state index contributed by atoms with van der Waals surface area (Å²) in [6.07, 6.45) is 10.6. The largest absolute Gasteiger partial charge is 0.296 e. The average Bonchev–Trinajstić information content (AvgIpc) is 3.03. The summed E-state index contributed by atoms with van der Waals surface area (Å²) in [4.78, 5) is 51.4. The van der Waals surface area contributed by atoms with Gasteiger partial charge in [-0.25, -0.2) is 0 Å². The Morgan fingerprint density at radius 2 is 1.20 bits per heavy atom. The lowest BCUT2D eigenvalue weighted by Gasteiger charge is -2.37. The second-order valence-corrected chi connectivity index (χ2v) is 10.9. The number of imide groups is 2. The molecule has 5 aliphatic rings. The number of carbonyl (C=O) groups is 4. The number of fused-ring (bicyclic) bond motifs is 4. The van der Waals surface area contributed by atoms with Crippen molar-refractivity contribution in [3.05, 3.63) is 0 Å². The molecule has 0 aromatic heterocycles. The number of rotatable bonds is 4. The van der Waals surface area contributed by atoms with Crippen molar-refractivity contribution in [2.45, 2.75) is 77.7 Å². The molecule has 1 N–H and O–H groups in total. The standard InChI is InChI=1S/C24H34N2O4/c1-12(2)15-7-3-13(4-8-15)11-14-5-9-16(10-6-14)26-23(29)19-17-18(20(19)24(26)30)22(28)25-21(17)27/h12-20H,3-11H2,1-2H3,(H,25,27,28). The molecule has 6 nitrogen and oxygen atoms in total. The highest BCUT2D eigenvalue weighted by Gasteiger charge is 2.72. The third-order valence-corrected chi connectivity index (χ3v) is 9.13. The normalized spacial score (nSPS) is 43.5. The van der Waals surface area contributed by atoms with Crippen LogP contribution in [0, 0.1) is 47.3 Å². The molecule has 4 unspecified atom stereocenters. The molecule has 0 spiro atoms. The number of carbonyl (C=O) groups excluding carboxylic acids is 4. The van der Waals surface area contributed by atoms with Crippen LogP contribution in [-0.2, 0) is 19.2 Å². The lowest BCUT2D eigenvalue weighted by Crippen LogP contribution is -2.50. The summed E-state index contributed by atoms with van der Waals surface area (Å²) in [7, 11) is 0. The van der Waals surface area contributed by atoms with E-state index in [1.807, 2.05) is 0 Å². The summed E-state index contributed by atoms with van der Waals surface area (Å²) in [6.45, 7) is 4.68. The van der Waals surface area contributed by atoms with E-state index in [1.165, 1.54) is 37.0 Å². The van der Waals surface area contributed by atoms with E-state index < -0.39 is 23.7 Å². The second-order valence-electron chi connectivity index (χ2n) is 10.9. The van der Waals surface area contributed by atoms with Gasteiger partial charge in [0.15, 0.2) is 0 Å². The first-order chi connectivity index (χ1) is 14.4. The van der Waals surface area contributed by atoms with Crippen molar-refractivity contribution in [2.24, 2.45) is 47.3 Å². The number of hydrogen-bond donors (Lipinski definition) is 1. The predicted molar refractivity (Wildman–Crippen MR) is 110 cm³/mol. The van der Waals surface area contributed by atoms with E-state index in [1.54, 1.807) is 0 Å². The molecule has 0 bridgehead atoms. The van der Waals surface area contributed by atoms with E-state index in [9.17, 15) is 19.2 Å². The van der Waals surface area contributed by atoms with Crippen LogP contribution in [0.4, 0.5) is 0 Å². The summed E-state index contributed by atoms with van der Waals surface area (Å²) in [5, 5.41) is 2.30. The summed E-state index contributed by atoms with van der Waals surface area (Å²) < 4.78 is 0. The van der Waals surface area contributed by atoms with Crippen molar-refractivity contribution in [3.8, 4) is 0 Å². The van der Waals surface area contributed by atoms with Crippen LogP contribution in [-0.4, -0.2) is 34.6 Å². The van der Waals surface area contributed by atoms with Crippen LogP contribution < -0.4 is 5.32 Å². The topological polar surface area (TPSA) is 83.6 Å². The Hall–Kier alpha value is -1.72. The smallest absolute Gasteiger partial charge is 0.234 e. The third kappa shape index (κ3) is 3.04. The number of likely N-dealkylation sites (tertiary alicyclic amines) is 1. The Morgan fingerprint density at radius 1 is 0.733 bits per heavy atom. The zero-order chi connectivity index (χ0) is 21.2. The molecule has 2 aliphatic heterocycles. The average molecular weight is 415 g/mol. The van der Waals surface area contributed by atoms with Crippen molar-refractivity contribution < 1.29 is 19.2 Å². The molecule has 4 amide bonds. The number of amides is 4. The minimum atomic E-state index is -0.610. The molecule has 3 aliphatic carbocycles. The Morgan fingerprint density at radius 3 is 1.67 bits per heavy atom. The van der Waals surface area contributed by atoms with Crippen LogP contribution in [0.15, 0.2) is 0 Å². The van der Waals surface area contributed by atoms with E-state index in [0.717, 1.165) is 43.4 Å². The maximum Gasteiger partial charge on any atom is 0.234 e. The van der Waals surface area contributed by atoms with Gasteiger partial charge in [-0.2, -0.15) is 0 Å². The molecular weight excluding hydrogens is 380 g/mol. The Kier molecular flexibility index (Phi) is 5.02. The highest BCUT2D eigenvalue weighted by molar-refractivity contribution is 6.17. The quantitative estimate of drug-likeness (QED) is 0.717. The molecule has 6 heteroatoms. The second kappa shape index (κ2) is 7.45. The van der Waals surface area contributed by atoms with Crippen LogP contribution >= 0.6 is 0 Å². The fourth-order valence-corrected chi connectivity index (χ4v) is 7.29. The fourth-order valence-electron chi connectivity index (χ4n) is 7.29. The molecule has 5 fully saturated rings. The lowest BCUT2D eigenvalue weighted by molar-refractivity contribution is -0.146. The lowest BCUT2D eigenvalue weighted by atomic mass is 9.59. The van der Waals surface area contributed by atoms with Crippen LogP contribution in [0.2, 0.25) is 0 Å². The van der Waals surface area contributed by atoms with Gasteiger partial charge in [0.1, 0.15) is 0 Å². The minimum absolute atomic E-state index is 0.0394. The summed E-state index contributed by atoms with van der Waals surface area (Å²) in [6, 6.07) is -0.0394. The minimum Gasteiger partial charge on any atom is -0.296 e. The van der Waals surface area contributed by atoms with Crippen LogP contribution in [0.5, 0.6) is 0 Å². The van der Waals surface area contributed by atoms with Gasteiger partial charge >= 0.3 is 0 Å². The van der Waals surface area contributed by atoms with Gasteiger partial charge in [-0.3, -0.25) is 29.4 Å². The van der Waals surface area contributed by atoms with E-state index >= 15 is 0 Å². The van der Waals surface area contributed by atoms with Gasteiger partial charge in [0.2, 0.25) is 23.6 Å². The zero-order valence-corrected chi connectivity index (χ0v) is 18.1. The van der Waals surface area contributed by atoms with Gasteiger partial charge in [0.25, 0.3) is 0 Å². The number of nitrogens with zero attached hydrogens (tertiary/aromatic N) is 1. The first-order valence-electron chi connectivity index (χ1n) is 12.1. The van der Waals surface area contributed by atoms with Gasteiger partial charge in [-0.05, 0) is 68.6 Å². The van der Waals surface area contributed by atoms with E-state index in [2.05, 4.69) is 19.2 Å². The van der Waals surface area contributed by atoms with Gasteiger partial charge < -0.3 is 0 Å².